The topological polar surface area (TPSA) is 99.3 Å². The van der Waals surface area contributed by atoms with Crippen LogP contribution in [0.15, 0.2) is 42.5 Å². The van der Waals surface area contributed by atoms with Crippen LogP contribution in [0.3, 0.4) is 0 Å². The third kappa shape index (κ3) is 4.77. The predicted molar refractivity (Wildman–Crippen MR) is 116 cm³/mol. The van der Waals surface area contributed by atoms with Gasteiger partial charge in [0, 0.05) is 42.0 Å². The fraction of sp³-hybridized carbons (Fsp3) is 0.391. The summed E-state index contributed by atoms with van der Waals surface area (Å²) in [5.74, 6) is -0.282. The SMILES string of the molecule is CC(C)(C)c1ccc(C(=O)NC2CCN(c3ccc(C#N)cc3)CC2)cc1[N+](=O)[O-]. The Kier molecular flexibility index (Phi) is 6.06. The van der Waals surface area contributed by atoms with Crippen molar-refractivity contribution in [1.82, 2.24) is 5.32 Å². The predicted octanol–water partition coefficient (Wildman–Crippen LogP) is 4.16. The number of rotatable bonds is 4. The number of nitrogens with zero attached hydrogens (tertiary/aromatic N) is 3. The van der Waals surface area contributed by atoms with Crippen LogP contribution in [0.4, 0.5) is 11.4 Å². The first kappa shape index (κ1) is 21.3. The molecule has 0 spiro atoms. The summed E-state index contributed by atoms with van der Waals surface area (Å²) in [5.41, 5.74) is 2.21. The normalized spacial score (nSPS) is 14.8. The van der Waals surface area contributed by atoms with Gasteiger partial charge in [-0.2, -0.15) is 5.26 Å². The number of hydrogen-bond acceptors (Lipinski definition) is 5. The van der Waals surface area contributed by atoms with Crippen molar-refractivity contribution in [2.75, 3.05) is 18.0 Å². The van der Waals surface area contributed by atoms with E-state index in [2.05, 4.69) is 16.3 Å². The number of nitro groups is 1. The average molecular weight is 406 g/mol. The van der Waals surface area contributed by atoms with Gasteiger partial charge in [0.25, 0.3) is 11.6 Å². The molecule has 0 atom stereocenters. The first-order chi connectivity index (χ1) is 14.2. The van der Waals surface area contributed by atoms with Gasteiger partial charge in [0.2, 0.25) is 0 Å². The molecule has 2 aromatic rings. The highest BCUT2D eigenvalue weighted by atomic mass is 16.6. The minimum atomic E-state index is -0.423. The Labute approximate surface area is 176 Å². The highest BCUT2D eigenvalue weighted by Crippen LogP contribution is 2.32. The Bertz CT molecular complexity index is 979. The highest BCUT2D eigenvalue weighted by Gasteiger charge is 2.27. The van der Waals surface area contributed by atoms with Crippen molar-refractivity contribution >= 4 is 17.3 Å². The molecule has 0 unspecified atom stereocenters. The van der Waals surface area contributed by atoms with E-state index in [0.29, 0.717) is 16.7 Å². The van der Waals surface area contributed by atoms with Crippen molar-refractivity contribution in [2.24, 2.45) is 0 Å². The van der Waals surface area contributed by atoms with Crippen molar-refractivity contribution < 1.29 is 9.72 Å². The van der Waals surface area contributed by atoms with Crippen molar-refractivity contribution in [3.8, 4) is 6.07 Å². The van der Waals surface area contributed by atoms with Crippen LogP contribution < -0.4 is 10.2 Å². The zero-order chi connectivity index (χ0) is 21.9. The molecule has 0 radical (unpaired) electrons. The third-order valence-corrected chi connectivity index (χ3v) is 5.46. The molecule has 1 saturated heterocycles. The number of benzene rings is 2. The van der Waals surface area contributed by atoms with Crippen LogP contribution in [0, 0.1) is 21.4 Å². The van der Waals surface area contributed by atoms with E-state index in [-0.39, 0.29) is 23.1 Å². The molecule has 1 amide bonds. The van der Waals surface area contributed by atoms with Crippen molar-refractivity contribution in [1.29, 1.82) is 5.26 Å². The van der Waals surface area contributed by atoms with Gasteiger partial charge in [0.15, 0.2) is 0 Å². The molecular weight excluding hydrogens is 380 g/mol. The Morgan fingerprint density at radius 2 is 1.80 bits per heavy atom. The first-order valence-electron chi connectivity index (χ1n) is 10.0. The number of anilines is 1. The zero-order valence-corrected chi connectivity index (χ0v) is 17.5. The summed E-state index contributed by atoms with van der Waals surface area (Å²) in [6.07, 6.45) is 1.57. The van der Waals surface area contributed by atoms with Gasteiger partial charge in [-0.15, -0.1) is 0 Å². The van der Waals surface area contributed by atoms with Crippen molar-refractivity contribution in [3.05, 3.63) is 69.3 Å². The quantitative estimate of drug-likeness (QED) is 0.607. The van der Waals surface area contributed by atoms with Gasteiger partial charge in [0.1, 0.15) is 0 Å². The number of carbonyl (C=O) groups is 1. The summed E-state index contributed by atoms with van der Waals surface area (Å²) in [6, 6.07) is 14.3. The lowest BCUT2D eigenvalue weighted by molar-refractivity contribution is -0.386. The fourth-order valence-corrected chi connectivity index (χ4v) is 3.76. The van der Waals surface area contributed by atoms with Gasteiger partial charge in [-0.3, -0.25) is 14.9 Å². The second-order valence-electron chi connectivity index (χ2n) is 8.63. The molecule has 7 heteroatoms. The molecule has 0 bridgehead atoms. The van der Waals surface area contributed by atoms with E-state index in [4.69, 9.17) is 5.26 Å². The third-order valence-electron chi connectivity index (χ3n) is 5.46. The van der Waals surface area contributed by atoms with Crippen LogP contribution in [-0.2, 0) is 5.41 Å². The molecule has 0 saturated carbocycles. The molecule has 30 heavy (non-hydrogen) atoms. The lowest BCUT2D eigenvalue weighted by Crippen LogP contribution is -2.44. The Hall–Kier alpha value is -3.40. The standard InChI is InChI=1S/C23H26N4O3/c1-23(2,3)20-9-6-17(14-21(20)27(29)30)22(28)25-18-10-12-26(13-11-18)19-7-4-16(15-24)5-8-19/h4-9,14,18H,10-13H2,1-3H3,(H,25,28). The summed E-state index contributed by atoms with van der Waals surface area (Å²) in [5, 5.41) is 23.4. The highest BCUT2D eigenvalue weighted by molar-refractivity contribution is 5.95. The number of piperidine rings is 1. The van der Waals surface area contributed by atoms with Crippen LogP contribution in [0.5, 0.6) is 0 Å². The summed E-state index contributed by atoms with van der Waals surface area (Å²) >= 11 is 0. The van der Waals surface area contributed by atoms with Crippen LogP contribution in [0.25, 0.3) is 0 Å². The van der Waals surface area contributed by atoms with E-state index in [1.54, 1.807) is 24.3 Å². The number of nitrogens with one attached hydrogen (secondary N) is 1. The molecule has 1 fully saturated rings. The van der Waals surface area contributed by atoms with Crippen molar-refractivity contribution in [3.63, 3.8) is 0 Å². The Balaban J connectivity index is 1.64. The molecule has 1 N–H and O–H groups in total. The molecule has 1 heterocycles. The zero-order valence-electron chi connectivity index (χ0n) is 17.5. The smallest absolute Gasteiger partial charge is 0.273 e. The van der Waals surface area contributed by atoms with Crippen LogP contribution >= 0.6 is 0 Å². The fourth-order valence-electron chi connectivity index (χ4n) is 3.76. The van der Waals surface area contributed by atoms with Crippen LogP contribution in [0.2, 0.25) is 0 Å². The largest absolute Gasteiger partial charge is 0.371 e. The van der Waals surface area contributed by atoms with Crippen molar-refractivity contribution in [2.45, 2.75) is 45.1 Å². The van der Waals surface area contributed by atoms with E-state index >= 15 is 0 Å². The second kappa shape index (κ2) is 8.54. The summed E-state index contributed by atoms with van der Waals surface area (Å²) in [4.78, 5) is 26.0. The molecular formula is C23H26N4O3. The summed E-state index contributed by atoms with van der Waals surface area (Å²) in [6.45, 7) is 7.32. The molecule has 0 aromatic heterocycles. The van der Waals surface area contributed by atoms with Gasteiger partial charge in [-0.1, -0.05) is 26.8 Å². The van der Waals surface area contributed by atoms with Gasteiger partial charge in [-0.25, -0.2) is 0 Å². The lowest BCUT2D eigenvalue weighted by Gasteiger charge is -2.34. The summed E-state index contributed by atoms with van der Waals surface area (Å²) < 4.78 is 0. The second-order valence-corrected chi connectivity index (χ2v) is 8.63. The Morgan fingerprint density at radius 3 is 2.33 bits per heavy atom. The van der Waals surface area contributed by atoms with Crippen LogP contribution in [0.1, 0.15) is 55.1 Å². The maximum absolute atomic E-state index is 12.7. The number of carbonyl (C=O) groups excluding carboxylic acids is 1. The maximum Gasteiger partial charge on any atom is 0.273 e. The average Bonchev–Trinajstić information content (AvgIpc) is 2.73. The minimum absolute atomic E-state index is 0.0217. The van der Waals surface area contributed by atoms with E-state index in [9.17, 15) is 14.9 Å². The number of amides is 1. The number of hydrogen-bond donors (Lipinski definition) is 1. The van der Waals surface area contributed by atoms with E-state index in [0.717, 1.165) is 31.6 Å². The molecule has 1 aliphatic heterocycles. The monoisotopic (exact) mass is 406 g/mol. The molecule has 0 aliphatic carbocycles. The maximum atomic E-state index is 12.7. The molecule has 156 valence electrons. The number of nitro benzene ring substituents is 1. The van der Waals surface area contributed by atoms with E-state index in [1.165, 1.54) is 6.07 Å². The van der Waals surface area contributed by atoms with Crippen LogP contribution in [-0.4, -0.2) is 30.0 Å². The van der Waals surface area contributed by atoms with Gasteiger partial charge >= 0.3 is 0 Å². The summed E-state index contributed by atoms with van der Waals surface area (Å²) in [7, 11) is 0. The molecule has 2 aromatic carbocycles. The Morgan fingerprint density at radius 1 is 1.17 bits per heavy atom. The molecule has 7 nitrogen and oxygen atoms in total. The lowest BCUT2D eigenvalue weighted by atomic mass is 9.85. The van der Waals surface area contributed by atoms with E-state index in [1.807, 2.05) is 32.9 Å². The van der Waals surface area contributed by atoms with Gasteiger partial charge in [-0.05, 0) is 48.6 Å². The molecule has 3 rings (SSSR count). The first-order valence-corrected chi connectivity index (χ1v) is 10.0. The number of nitriles is 1. The van der Waals surface area contributed by atoms with E-state index < -0.39 is 4.92 Å². The minimum Gasteiger partial charge on any atom is -0.371 e. The van der Waals surface area contributed by atoms with Gasteiger partial charge in [0.05, 0.1) is 16.6 Å². The van der Waals surface area contributed by atoms with Gasteiger partial charge < -0.3 is 10.2 Å². The molecule has 1 aliphatic rings.